The molecule has 0 aromatic heterocycles. The Morgan fingerprint density at radius 2 is 2.17 bits per heavy atom. The van der Waals surface area contributed by atoms with Crippen molar-refractivity contribution < 1.29 is 0 Å². The van der Waals surface area contributed by atoms with Crippen molar-refractivity contribution in [2.75, 3.05) is 0 Å². The lowest BCUT2D eigenvalue weighted by molar-refractivity contribution is 0.653. The minimum absolute atomic E-state index is 0.296. The lowest BCUT2D eigenvalue weighted by atomic mass is 9.88. The van der Waals surface area contributed by atoms with E-state index < -0.39 is 0 Å². The van der Waals surface area contributed by atoms with E-state index in [1.807, 2.05) is 11.8 Å². The highest BCUT2D eigenvalue weighted by Gasteiger charge is 2.46. The van der Waals surface area contributed by atoms with E-state index >= 15 is 0 Å². The van der Waals surface area contributed by atoms with Crippen LogP contribution in [0.4, 0.5) is 0 Å². The van der Waals surface area contributed by atoms with Crippen LogP contribution in [0.2, 0.25) is 0 Å². The van der Waals surface area contributed by atoms with Gasteiger partial charge in [-0.2, -0.15) is 11.8 Å². The van der Waals surface area contributed by atoms with E-state index in [0.717, 1.165) is 10.5 Å². The molecule has 1 aliphatic heterocycles. The third-order valence-corrected chi connectivity index (χ3v) is 4.24. The number of hydrogen-bond acceptors (Lipinski definition) is 2. The molecule has 1 aromatic rings. The molecule has 1 fully saturated rings. The SMILES string of the molecule is N[C@H]1c2ccccc2CC2SC21. The van der Waals surface area contributed by atoms with Crippen molar-refractivity contribution in [2.24, 2.45) is 5.73 Å². The Balaban J connectivity index is 2.11. The van der Waals surface area contributed by atoms with Gasteiger partial charge in [-0.15, -0.1) is 0 Å². The van der Waals surface area contributed by atoms with Gasteiger partial charge in [0.2, 0.25) is 0 Å². The minimum atomic E-state index is 0.296. The fourth-order valence-corrected chi connectivity index (χ4v) is 3.25. The van der Waals surface area contributed by atoms with E-state index in [4.69, 9.17) is 5.73 Å². The molecule has 1 aliphatic carbocycles. The largest absolute Gasteiger partial charge is 0.323 e. The first-order chi connectivity index (χ1) is 5.86. The van der Waals surface area contributed by atoms with Crippen LogP contribution in [0.15, 0.2) is 24.3 Å². The van der Waals surface area contributed by atoms with Crippen molar-refractivity contribution >= 4 is 11.8 Å². The highest BCUT2D eigenvalue weighted by molar-refractivity contribution is 8.07. The molecule has 0 spiro atoms. The standard InChI is InChI=1S/C10H11NS/c11-9-7-4-2-1-3-6(7)5-8-10(9)12-8/h1-4,8-10H,5,11H2/t8?,9-,10?/m0/s1. The maximum Gasteiger partial charge on any atom is 0.0429 e. The zero-order chi connectivity index (χ0) is 8.13. The number of rotatable bonds is 0. The molecule has 1 heterocycles. The highest BCUT2D eigenvalue weighted by Crippen LogP contribution is 2.53. The molecule has 2 unspecified atom stereocenters. The third kappa shape index (κ3) is 0.852. The second kappa shape index (κ2) is 2.27. The fraction of sp³-hybridized carbons (Fsp3) is 0.400. The van der Waals surface area contributed by atoms with Gasteiger partial charge in [0.25, 0.3) is 0 Å². The smallest absolute Gasteiger partial charge is 0.0429 e. The summed E-state index contributed by atoms with van der Waals surface area (Å²) in [4.78, 5) is 0. The summed E-state index contributed by atoms with van der Waals surface area (Å²) < 4.78 is 0. The Morgan fingerprint density at radius 3 is 3.08 bits per heavy atom. The van der Waals surface area contributed by atoms with Crippen molar-refractivity contribution in [3.63, 3.8) is 0 Å². The molecule has 0 bridgehead atoms. The maximum atomic E-state index is 6.11. The number of thioether (sulfide) groups is 1. The molecular weight excluding hydrogens is 166 g/mol. The van der Waals surface area contributed by atoms with Gasteiger partial charge in [-0.1, -0.05) is 24.3 Å². The summed E-state index contributed by atoms with van der Waals surface area (Å²) >= 11 is 2.04. The topological polar surface area (TPSA) is 26.0 Å². The summed E-state index contributed by atoms with van der Waals surface area (Å²) in [6, 6.07) is 8.88. The molecule has 0 saturated carbocycles. The molecule has 0 radical (unpaired) electrons. The molecule has 1 saturated heterocycles. The van der Waals surface area contributed by atoms with E-state index in [-0.39, 0.29) is 0 Å². The van der Waals surface area contributed by atoms with Crippen molar-refractivity contribution in [3.8, 4) is 0 Å². The minimum Gasteiger partial charge on any atom is -0.323 e. The predicted octanol–water partition coefficient (Wildman–Crippen LogP) is 1.73. The van der Waals surface area contributed by atoms with Gasteiger partial charge >= 0.3 is 0 Å². The first kappa shape index (κ1) is 6.98. The van der Waals surface area contributed by atoms with Crippen LogP contribution in [0.1, 0.15) is 17.2 Å². The van der Waals surface area contributed by atoms with Crippen LogP contribution in [-0.4, -0.2) is 10.5 Å². The van der Waals surface area contributed by atoms with E-state index in [9.17, 15) is 0 Å². The van der Waals surface area contributed by atoms with Crippen LogP contribution >= 0.6 is 11.8 Å². The van der Waals surface area contributed by atoms with Crippen LogP contribution in [0.25, 0.3) is 0 Å². The highest BCUT2D eigenvalue weighted by atomic mass is 32.2. The van der Waals surface area contributed by atoms with Crippen LogP contribution in [-0.2, 0) is 6.42 Å². The van der Waals surface area contributed by atoms with Crippen molar-refractivity contribution in [3.05, 3.63) is 35.4 Å². The normalized spacial score (nSPS) is 36.9. The summed E-state index contributed by atoms with van der Waals surface area (Å²) in [6.07, 6.45) is 1.24. The zero-order valence-electron chi connectivity index (χ0n) is 6.73. The Hall–Kier alpha value is -0.470. The van der Waals surface area contributed by atoms with Crippen molar-refractivity contribution in [2.45, 2.75) is 23.0 Å². The molecule has 2 N–H and O–H groups in total. The Bertz CT molecular complexity index is 323. The van der Waals surface area contributed by atoms with Gasteiger partial charge in [-0.3, -0.25) is 0 Å². The van der Waals surface area contributed by atoms with Crippen LogP contribution in [0.3, 0.4) is 0 Å². The Labute approximate surface area is 76.3 Å². The second-order valence-corrected chi connectivity index (χ2v) is 4.99. The van der Waals surface area contributed by atoms with Crippen molar-refractivity contribution in [1.29, 1.82) is 0 Å². The fourth-order valence-electron chi connectivity index (χ4n) is 2.08. The van der Waals surface area contributed by atoms with E-state index in [1.165, 1.54) is 17.5 Å². The first-order valence-electron chi connectivity index (χ1n) is 4.35. The number of benzene rings is 1. The molecule has 0 amide bonds. The zero-order valence-corrected chi connectivity index (χ0v) is 7.55. The lowest BCUT2D eigenvalue weighted by Gasteiger charge is -2.19. The van der Waals surface area contributed by atoms with Gasteiger partial charge < -0.3 is 5.73 Å². The number of fused-ring (bicyclic) bond motifs is 2. The van der Waals surface area contributed by atoms with E-state index in [2.05, 4.69) is 24.3 Å². The predicted molar refractivity (Wildman–Crippen MR) is 52.2 cm³/mol. The van der Waals surface area contributed by atoms with Gasteiger partial charge in [-0.25, -0.2) is 0 Å². The van der Waals surface area contributed by atoms with Crippen LogP contribution in [0, 0.1) is 0 Å². The van der Waals surface area contributed by atoms with Crippen LogP contribution in [0.5, 0.6) is 0 Å². The lowest BCUT2D eigenvalue weighted by Crippen LogP contribution is -2.24. The van der Waals surface area contributed by atoms with E-state index in [1.54, 1.807) is 0 Å². The van der Waals surface area contributed by atoms with Crippen LogP contribution < -0.4 is 5.73 Å². The number of nitrogens with two attached hydrogens (primary N) is 1. The molecular formula is C10H11NS. The summed E-state index contributed by atoms with van der Waals surface area (Å²) in [5.41, 5.74) is 8.96. The molecule has 62 valence electrons. The molecule has 1 nitrogen and oxygen atoms in total. The van der Waals surface area contributed by atoms with Gasteiger partial charge in [0.05, 0.1) is 0 Å². The second-order valence-electron chi connectivity index (χ2n) is 3.57. The average Bonchev–Trinajstić information content (AvgIpc) is 2.84. The average molecular weight is 177 g/mol. The molecule has 1 aromatic carbocycles. The number of hydrogen-bond donors (Lipinski definition) is 1. The summed E-state index contributed by atoms with van der Waals surface area (Å²) in [5.74, 6) is 0. The quantitative estimate of drug-likeness (QED) is 0.611. The van der Waals surface area contributed by atoms with Gasteiger partial charge in [0, 0.05) is 16.5 Å². The van der Waals surface area contributed by atoms with Gasteiger partial charge in [0.1, 0.15) is 0 Å². The van der Waals surface area contributed by atoms with Gasteiger partial charge in [0.15, 0.2) is 0 Å². The first-order valence-corrected chi connectivity index (χ1v) is 5.29. The Morgan fingerprint density at radius 1 is 1.33 bits per heavy atom. The summed E-state index contributed by atoms with van der Waals surface area (Å²) in [5, 5.41) is 1.55. The van der Waals surface area contributed by atoms with Gasteiger partial charge in [-0.05, 0) is 17.5 Å². The van der Waals surface area contributed by atoms with E-state index in [0.29, 0.717) is 6.04 Å². The monoisotopic (exact) mass is 177 g/mol. The molecule has 12 heavy (non-hydrogen) atoms. The summed E-state index contributed by atoms with van der Waals surface area (Å²) in [7, 11) is 0. The molecule has 3 atom stereocenters. The Kier molecular flexibility index (Phi) is 1.32. The maximum absolute atomic E-state index is 6.11. The van der Waals surface area contributed by atoms with Crippen molar-refractivity contribution in [1.82, 2.24) is 0 Å². The molecule has 2 aliphatic rings. The molecule has 2 heteroatoms. The summed E-state index contributed by atoms with van der Waals surface area (Å²) in [6.45, 7) is 0. The third-order valence-electron chi connectivity index (χ3n) is 2.81. The molecule has 3 rings (SSSR count).